The third-order valence-electron chi connectivity index (χ3n) is 2.96. The average Bonchev–Trinajstić information content (AvgIpc) is 2.54. The van der Waals surface area contributed by atoms with Gasteiger partial charge < -0.3 is 14.8 Å². The van der Waals surface area contributed by atoms with Crippen LogP contribution >= 0.6 is 15.9 Å². The molecule has 0 unspecified atom stereocenters. The minimum absolute atomic E-state index is 0.233. The molecule has 0 radical (unpaired) electrons. The molecule has 114 valence electrons. The third kappa shape index (κ3) is 4.71. The van der Waals surface area contributed by atoms with Crippen molar-refractivity contribution >= 4 is 21.6 Å². The Bertz CT molecular complexity index is 647. The summed E-state index contributed by atoms with van der Waals surface area (Å²) in [6.07, 6.45) is 5.22. The molecule has 0 saturated heterocycles. The van der Waals surface area contributed by atoms with Gasteiger partial charge in [-0.05, 0) is 48.9 Å². The van der Waals surface area contributed by atoms with E-state index in [1.54, 1.807) is 0 Å². The van der Waals surface area contributed by atoms with Crippen molar-refractivity contribution in [2.45, 2.75) is 13.5 Å². The van der Waals surface area contributed by atoms with Crippen LogP contribution in [-0.2, 0) is 6.54 Å². The highest BCUT2D eigenvalue weighted by Gasteiger charge is 2.06. The van der Waals surface area contributed by atoms with Gasteiger partial charge in [-0.1, -0.05) is 27.9 Å². The molecule has 22 heavy (non-hydrogen) atoms. The van der Waals surface area contributed by atoms with E-state index in [9.17, 15) is 0 Å². The summed E-state index contributed by atoms with van der Waals surface area (Å²) >= 11 is 3.42. The van der Waals surface area contributed by atoms with E-state index in [0.29, 0.717) is 24.7 Å². The lowest BCUT2D eigenvalue weighted by molar-refractivity contribution is 0.299. The summed E-state index contributed by atoms with van der Waals surface area (Å²) in [4.78, 5) is 0. The van der Waals surface area contributed by atoms with Crippen LogP contribution in [0.3, 0.4) is 0 Å². The first-order valence-electron chi connectivity index (χ1n) is 7.04. The minimum atomic E-state index is 0.233. The molecular formula is C18H18BrNO2. The molecule has 0 aromatic heterocycles. The van der Waals surface area contributed by atoms with Gasteiger partial charge in [0.05, 0.1) is 6.61 Å². The number of hydrogen-bond acceptors (Lipinski definition) is 3. The highest BCUT2D eigenvalue weighted by Crippen LogP contribution is 2.29. The van der Waals surface area contributed by atoms with Crippen molar-refractivity contribution in [1.82, 2.24) is 0 Å². The fraction of sp³-hybridized carbons (Fsp3) is 0.222. The van der Waals surface area contributed by atoms with Crippen LogP contribution in [0.4, 0.5) is 5.69 Å². The van der Waals surface area contributed by atoms with Crippen LogP contribution in [0.15, 0.2) is 46.9 Å². The van der Waals surface area contributed by atoms with Gasteiger partial charge in [0, 0.05) is 16.7 Å². The standard InChI is InChI=1S/C18H18BrNO2/c1-3-11-22-17-10-5-14(12-18(17)21-4-2)13-20-16-8-6-15(19)7-9-16/h1,5-10,12,20H,4,11,13H2,2H3. The monoisotopic (exact) mass is 359 g/mol. The number of rotatable bonds is 7. The molecule has 0 atom stereocenters. The summed E-state index contributed by atoms with van der Waals surface area (Å²) in [6, 6.07) is 13.9. The Morgan fingerprint density at radius 1 is 1.09 bits per heavy atom. The third-order valence-corrected chi connectivity index (χ3v) is 3.49. The van der Waals surface area contributed by atoms with Gasteiger partial charge in [0.1, 0.15) is 6.61 Å². The molecule has 0 saturated carbocycles. The lowest BCUT2D eigenvalue weighted by Crippen LogP contribution is -2.03. The highest BCUT2D eigenvalue weighted by molar-refractivity contribution is 9.10. The second-order valence-electron chi connectivity index (χ2n) is 4.57. The van der Waals surface area contributed by atoms with E-state index in [1.807, 2.05) is 49.4 Å². The zero-order valence-corrected chi connectivity index (χ0v) is 14.0. The summed E-state index contributed by atoms with van der Waals surface area (Å²) in [6.45, 7) is 3.46. The number of ether oxygens (including phenoxy) is 2. The second-order valence-corrected chi connectivity index (χ2v) is 5.48. The number of hydrogen-bond donors (Lipinski definition) is 1. The molecule has 0 heterocycles. The van der Waals surface area contributed by atoms with Gasteiger partial charge in [-0.2, -0.15) is 0 Å². The van der Waals surface area contributed by atoms with E-state index in [0.717, 1.165) is 15.7 Å². The van der Waals surface area contributed by atoms with Crippen molar-refractivity contribution < 1.29 is 9.47 Å². The summed E-state index contributed by atoms with van der Waals surface area (Å²) in [7, 11) is 0. The van der Waals surface area contributed by atoms with Crippen molar-refractivity contribution in [2.75, 3.05) is 18.5 Å². The number of nitrogens with one attached hydrogen (secondary N) is 1. The molecular weight excluding hydrogens is 342 g/mol. The highest BCUT2D eigenvalue weighted by atomic mass is 79.9. The first-order chi connectivity index (χ1) is 10.7. The van der Waals surface area contributed by atoms with Crippen LogP contribution in [0.5, 0.6) is 11.5 Å². The van der Waals surface area contributed by atoms with Gasteiger partial charge in [0.15, 0.2) is 11.5 Å². The van der Waals surface area contributed by atoms with E-state index in [2.05, 4.69) is 27.2 Å². The van der Waals surface area contributed by atoms with Crippen LogP contribution in [-0.4, -0.2) is 13.2 Å². The predicted molar refractivity (Wildman–Crippen MR) is 93.4 cm³/mol. The normalized spacial score (nSPS) is 9.86. The molecule has 1 N–H and O–H groups in total. The van der Waals surface area contributed by atoms with Gasteiger partial charge in [-0.15, -0.1) is 6.42 Å². The Labute approximate surface area is 139 Å². The molecule has 4 heteroatoms. The summed E-state index contributed by atoms with van der Waals surface area (Å²) in [5.74, 6) is 3.85. The van der Waals surface area contributed by atoms with Crippen LogP contribution in [0, 0.1) is 12.3 Å². The van der Waals surface area contributed by atoms with Gasteiger partial charge in [0.25, 0.3) is 0 Å². The molecule has 0 fully saturated rings. The number of terminal acetylenes is 1. The van der Waals surface area contributed by atoms with E-state index < -0.39 is 0 Å². The smallest absolute Gasteiger partial charge is 0.162 e. The molecule has 0 aliphatic heterocycles. The molecule has 0 amide bonds. The van der Waals surface area contributed by atoms with Crippen LogP contribution < -0.4 is 14.8 Å². The maximum Gasteiger partial charge on any atom is 0.162 e. The lowest BCUT2D eigenvalue weighted by atomic mass is 10.2. The topological polar surface area (TPSA) is 30.5 Å². The van der Waals surface area contributed by atoms with Crippen molar-refractivity contribution in [1.29, 1.82) is 0 Å². The zero-order valence-electron chi connectivity index (χ0n) is 12.4. The Balaban J connectivity index is 2.05. The lowest BCUT2D eigenvalue weighted by Gasteiger charge is -2.13. The Morgan fingerprint density at radius 2 is 1.86 bits per heavy atom. The SMILES string of the molecule is C#CCOc1ccc(CNc2ccc(Br)cc2)cc1OCC. The van der Waals surface area contributed by atoms with Crippen LogP contribution in [0.2, 0.25) is 0 Å². The van der Waals surface area contributed by atoms with Gasteiger partial charge in [0.2, 0.25) is 0 Å². The second kappa shape index (κ2) is 8.35. The van der Waals surface area contributed by atoms with E-state index in [4.69, 9.17) is 15.9 Å². The molecule has 2 rings (SSSR count). The molecule has 0 aliphatic rings. The summed E-state index contributed by atoms with van der Waals surface area (Å²) < 4.78 is 12.2. The van der Waals surface area contributed by atoms with Crippen molar-refractivity contribution in [3.63, 3.8) is 0 Å². The zero-order chi connectivity index (χ0) is 15.8. The van der Waals surface area contributed by atoms with Gasteiger partial charge in [-0.3, -0.25) is 0 Å². The van der Waals surface area contributed by atoms with Gasteiger partial charge in [-0.25, -0.2) is 0 Å². The van der Waals surface area contributed by atoms with Crippen molar-refractivity contribution in [3.05, 3.63) is 52.5 Å². The molecule has 0 spiro atoms. The van der Waals surface area contributed by atoms with Crippen LogP contribution in [0.1, 0.15) is 12.5 Å². The first-order valence-corrected chi connectivity index (χ1v) is 7.83. The molecule has 0 aliphatic carbocycles. The quantitative estimate of drug-likeness (QED) is 0.739. The molecule has 2 aromatic carbocycles. The van der Waals surface area contributed by atoms with E-state index in [-0.39, 0.29) is 6.61 Å². The summed E-state index contributed by atoms with van der Waals surface area (Å²) in [5, 5.41) is 3.37. The fourth-order valence-corrected chi connectivity index (χ4v) is 2.21. The van der Waals surface area contributed by atoms with E-state index in [1.165, 1.54) is 0 Å². The Hall–Kier alpha value is -2.12. The van der Waals surface area contributed by atoms with Crippen LogP contribution in [0.25, 0.3) is 0 Å². The number of anilines is 1. The molecule has 3 nitrogen and oxygen atoms in total. The van der Waals surface area contributed by atoms with E-state index >= 15 is 0 Å². The number of halogens is 1. The molecule has 0 bridgehead atoms. The Morgan fingerprint density at radius 3 is 2.55 bits per heavy atom. The fourth-order valence-electron chi connectivity index (χ4n) is 1.94. The Kier molecular flexibility index (Phi) is 6.17. The average molecular weight is 360 g/mol. The largest absolute Gasteiger partial charge is 0.490 e. The first kappa shape index (κ1) is 16.3. The maximum atomic E-state index is 5.61. The maximum absolute atomic E-state index is 5.61. The minimum Gasteiger partial charge on any atom is -0.490 e. The van der Waals surface area contributed by atoms with Crippen molar-refractivity contribution in [2.24, 2.45) is 0 Å². The van der Waals surface area contributed by atoms with Crippen molar-refractivity contribution in [3.8, 4) is 23.8 Å². The molecule has 2 aromatic rings. The van der Waals surface area contributed by atoms with Gasteiger partial charge >= 0.3 is 0 Å². The number of benzene rings is 2. The summed E-state index contributed by atoms with van der Waals surface area (Å²) in [5.41, 5.74) is 2.17. The predicted octanol–water partition coefficient (Wildman–Crippen LogP) is 4.47.